The van der Waals surface area contributed by atoms with Gasteiger partial charge in [0.2, 0.25) is 5.91 Å². The Hall–Kier alpha value is -2.37. The number of amides is 1. The van der Waals surface area contributed by atoms with Crippen molar-refractivity contribution in [2.75, 3.05) is 26.2 Å². The van der Waals surface area contributed by atoms with Crippen molar-refractivity contribution in [3.63, 3.8) is 0 Å². The Labute approximate surface area is 142 Å². The van der Waals surface area contributed by atoms with Gasteiger partial charge >= 0.3 is 0 Å². The summed E-state index contributed by atoms with van der Waals surface area (Å²) in [4.78, 5) is 15.8. The van der Waals surface area contributed by atoms with Crippen LogP contribution >= 0.6 is 0 Å². The number of carbonyl (C=O) groups is 1. The normalized spacial score (nSPS) is 18.6. The van der Waals surface area contributed by atoms with E-state index in [1.54, 1.807) is 0 Å². The van der Waals surface area contributed by atoms with E-state index in [-0.39, 0.29) is 5.91 Å². The molecule has 5 nitrogen and oxygen atoms in total. The number of hydrogen-bond acceptors (Lipinski definition) is 4. The first kappa shape index (κ1) is 16.5. The van der Waals surface area contributed by atoms with Crippen LogP contribution in [0.15, 0.2) is 60.7 Å². The Morgan fingerprint density at radius 2 is 1.71 bits per heavy atom. The molecular formula is C19H22N2O3. The van der Waals surface area contributed by atoms with E-state index in [0.29, 0.717) is 32.8 Å². The minimum Gasteiger partial charge on any atom is -0.492 e. The van der Waals surface area contributed by atoms with E-state index in [4.69, 9.17) is 4.74 Å². The third kappa shape index (κ3) is 4.34. The fraction of sp³-hybridized carbons (Fsp3) is 0.316. The third-order valence-electron chi connectivity index (χ3n) is 4.05. The summed E-state index contributed by atoms with van der Waals surface area (Å²) in [6.07, 6.45) is -0.797. The number of ether oxygens (including phenoxy) is 1. The molecule has 0 aromatic heterocycles. The minimum atomic E-state index is -0.797. The number of rotatable bonds is 6. The van der Waals surface area contributed by atoms with E-state index in [1.807, 2.05) is 65.6 Å². The predicted molar refractivity (Wildman–Crippen MR) is 91.4 cm³/mol. The van der Waals surface area contributed by atoms with Gasteiger partial charge in [0.05, 0.1) is 13.1 Å². The molecule has 24 heavy (non-hydrogen) atoms. The fourth-order valence-corrected chi connectivity index (χ4v) is 2.86. The molecule has 0 radical (unpaired) electrons. The zero-order chi connectivity index (χ0) is 16.8. The monoisotopic (exact) mass is 326 g/mol. The van der Waals surface area contributed by atoms with Gasteiger partial charge in [-0.3, -0.25) is 9.69 Å². The van der Waals surface area contributed by atoms with Crippen molar-refractivity contribution in [2.24, 2.45) is 0 Å². The molecule has 2 aromatic rings. The van der Waals surface area contributed by atoms with Crippen LogP contribution in [0, 0.1) is 0 Å². The van der Waals surface area contributed by atoms with Crippen LogP contribution in [0.4, 0.5) is 0 Å². The van der Waals surface area contributed by atoms with Crippen LogP contribution in [0.2, 0.25) is 0 Å². The van der Waals surface area contributed by atoms with Crippen LogP contribution in [0.1, 0.15) is 5.56 Å². The molecular weight excluding hydrogens is 304 g/mol. The standard InChI is InChI=1S/C19H22N2O3/c22-18-14-20(13-16-7-3-1-4-8-16)15-19(23)21(18)11-12-24-17-9-5-2-6-10-17/h1-10,18,22H,11-15H2. The number of aliphatic hydroxyl groups is 1. The predicted octanol–water partition coefficient (Wildman–Crippen LogP) is 1.73. The molecule has 1 atom stereocenters. The number of β-amino-alcohol motifs (C(OH)–C–C–N with tert-alkyl or cyclic N) is 1. The maximum Gasteiger partial charge on any atom is 0.238 e. The van der Waals surface area contributed by atoms with Crippen LogP contribution in [0.5, 0.6) is 5.75 Å². The summed E-state index contributed by atoms with van der Waals surface area (Å²) in [5.41, 5.74) is 1.14. The van der Waals surface area contributed by atoms with Crippen molar-refractivity contribution in [1.82, 2.24) is 9.80 Å². The summed E-state index contributed by atoms with van der Waals surface area (Å²) >= 11 is 0. The number of nitrogens with zero attached hydrogens (tertiary/aromatic N) is 2. The highest BCUT2D eigenvalue weighted by molar-refractivity contribution is 5.79. The summed E-state index contributed by atoms with van der Waals surface area (Å²) < 4.78 is 5.61. The van der Waals surface area contributed by atoms with Gasteiger partial charge in [0.1, 0.15) is 18.6 Å². The van der Waals surface area contributed by atoms with Crippen LogP contribution < -0.4 is 4.74 Å². The molecule has 1 unspecified atom stereocenters. The van der Waals surface area contributed by atoms with E-state index in [0.717, 1.165) is 11.3 Å². The first-order chi connectivity index (χ1) is 11.7. The van der Waals surface area contributed by atoms with Gasteiger partial charge in [-0.25, -0.2) is 0 Å². The lowest BCUT2D eigenvalue weighted by Crippen LogP contribution is -2.56. The number of para-hydroxylation sites is 1. The molecule has 0 saturated carbocycles. The van der Waals surface area contributed by atoms with Crippen LogP contribution in [0.3, 0.4) is 0 Å². The van der Waals surface area contributed by atoms with Crippen LogP contribution in [0.25, 0.3) is 0 Å². The topological polar surface area (TPSA) is 53.0 Å². The van der Waals surface area contributed by atoms with Gasteiger partial charge in [0.25, 0.3) is 0 Å². The van der Waals surface area contributed by atoms with Gasteiger partial charge in [0, 0.05) is 13.1 Å². The minimum absolute atomic E-state index is 0.0682. The van der Waals surface area contributed by atoms with Gasteiger partial charge in [-0.1, -0.05) is 48.5 Å². The average molecular weight is 326 g/mol. The summed E-state index contributed by atoms with van der Waals surface area (Å²) in [7, 11) is 0. The largest absolute Gasteiger partial charge is 0.492 e. The number of aliphatic hydroxyl groups excluding tert-OH is 1. The molecule has 0 bridgehead atoms. The van der Waals surface area contributed by atoms with E-state index in [9.17, 15) is 9.90 Å². The van der Waals surface area contributed by atoms with Gasteiger partial charge in [-0.05, 0) is 17.7 Å². The summed E-state index contributed by atoms with van der Waals surface area (Å²) in [6.45, 7) is 2.18. The summed E-state index contributed by atoms with van der Waals surface area (Å²) in [5, 5.41) is 10.3. The lowest BCUT2D eigenvalue weighted by atomic mass is 10.2. The molecule has 1 saturated heterocycles. The van der Waals surface area contributed by atoms with Crippen molar-refractivity contribution < 1.29 is 14.6 Å². The smallest absolute Gasteiger partial charge is 0.238 e. The van der Waals surface area contributed by atoms with Gasteiger partial charge in [-0.2, -0.15) is 0 Å². The molecule has 1 N–H and O–H groups in total. The average Bonchev–Trinajstić information content (AvgIpc) is 2.59. The molecule has 1 aliphatic heterocycles. The Balaban J connectivity index is 1.49. The highest BCUT2D eigenvalue weighted by Crippen LogP contribution is 2.14. The number of carbonyl (C=O) groups excluding carboxylic acids is 1. The number of piperazine rings is 1. The van der Waals surface area contributed by atoms with Crippen LogP contribution in [-0.4, -0.2) is 53.3 Å². The molecule has 0 spiro atoms. The Morgan fingerprint density at radius 1 is 1.04 bits per heavy atom. The first-order valence-corrected chi connectivity index (χ1v) is 8.14. The zero-order valence-electron chi connectivity index (χ0n) is 13.5. The van der Waals surface area contributed by atoms with Crippen molar-refractivity contribution in [1.29, 1.82) is 0 Å². The van der Waals surface area contributed by atoms with E-state index in [2.05, 4.69) is 0 Å². The van der Waals surface area contributed by atoms with Crippen molar-refractivity contribution in [2.45, 2.75) is 12.8 Å². The molecule has 1 fully saturated rings. The first-order valence-electron chi connectivity index (χ1n) is 8.14. The van der Waals surface area contributed by atoms with E-state index < -0.39 is 6.23 Å². The van der Waals surface area contributed by atoms with E-state index >= 15 is 0 Å². The number of benzene rings is 2. The SMILES string of the molecule is O=C1CN(Cc2ccccc2)CC(O)N1CCOc1ccccc1. The molecule has 126 valence electrons. The Morgan fingerprint density at radius 3 is 2.38 bits per heavy atom. The van der Waals surface area contributed by atoms with Crippen molar-refractivity contribution in [3.8, 4) is 5.75 Å². The molecule has 3 rings (SSSR count). The maximum absolute atomic E-state index is 12.3. The molecule has 1 aliphatic rings. The highest BCUT2D eigenvalue weighted by atomic mass is 16.5. The van der Waals surface area contributed by atoms with Gasteiger partial charge in [0.15, 0.2) is 0 Å². The second-order valence-electron chi connectivity index (χ2n) is 5.88. The highest BCUT2D eigenvalue weighted by Gasteiger charge is 2.30. The molecule has 1 heterocycles. The summed E-state index contributed by atoms with van der Waals surface area (Å²) in [6, 6.07) is 19.4. The lowest BCUT2D eigenvalue weighted by molar-refractivity contribution is -0.153. The van der Waals surface area contributed by atoms with Crippen molar-refractivity contribution in [3.05, 3.63) is 66.2 Å². The fourth-order valence-electron chi connectivity index (χ4n) is 2.86. The Kier molecular flexibility index (Phi) is 5.46. The van der Waals surface area contributed by atoms with Crippen LogP contribution in [-0.2, 0) is 11.3 Å². The molecule has 0 aliphatic carbocycles. The second-order valence-corrected chi connectivity index (χ2v) is 5.88. The van der Waals surface area contributed by atoms with E-state index in [1.165, 1.54) is 4.90 Å². The summed E-state index contributed by atoms with van der Waals surface area (Å²) in [5.74, 6) is 0.698. The maximum atomic E-state index is 12.3. The quantitative estimate of drug-likeness (QED) is 0.878. The molecule has 5 heteroatoms. The molecule has 1 amide bonds. The second kappa shape index (κ2) is 7.95. The lowest BCUT2D eigenvalue weighted by Gasteiger charge is -2.38. The van der Waals surface area contributed by atoms with Crippen molar-refractivity contribution >= 4 is 5.91 Å². The zero-order valence-corrected chi connectivity index (χ0v) is 13.5. The van der Waals surface area contributed by atoms with Gasteiger partial charge < -0.3 is 14.7 Å². The molecule has 2 aromatic carbocycles. The number of hydrogen-bond donors (Lipinski definition) is 1. The third-order valence-corrected chi connectivity index (χ3v) is 4.05. The van der Waals surface area contributed by atoms with Gasteiger partial charge in [-0.15, -0.1) is 0 Å². The Bertz CT molecular complexity index is 648.